The van der Waals surface area contributed by atoms with Crippen LogP contribution in [0.15, 0.2) is 42.5 Å². The molecular formula is C19H20N2O5. The molecule has 7 nitrogen and oxygen atoms in total. The van der Waals surface area contributed by atoms with Crippen molar-refractivity contribution in [2.24, 2.45) is 0 Å². The number of carbonyl (C=O) groups excluding carboxylic acids is 1. The summed E-state index contributed by atoms with van der Waals surface area (Å²) < 4.78 is 0. The van der Waals surface area contributed by atoms with Crippen LogP contribution in [0.4, 0.5) is 11.4 Å². The van der Waals surface area contributed by atoms with Crippen molar-refractivity contribution in [3.8, 4) is 0 Å². The van der Waals surface area contributed by atoms with Gasteiger partial charge in [-0.3, -0.25) is 19.7 Å². The summed E-state index contributed by atoms with van der Waals surface area (Å²) in [6.07, 6.45) is -0.237. The van der Waals surface area contributed by atoms with Crippen LogP contribution < -0.4 is 5.32 Å². The molecule has 7 heteroatoms. The predicted octanol–water partition coefficient (Wildman–Crippen LogP) is 3.77. The quantitative estimate of drug-likeness (QED) is 0.626. The van der Waals surface area contributed by atoms with Gasteiger partial charge < -0.3 is 10.4 Å². The molecule has 0 aromatic heterocycles. The molecule has 2 aromatic carbocycles. The highest BCUT2D eigenvalue weighted by atomic mass is 16.6. The molecule has 0 spiro atoms. The van der Waals surface area contributed by atoms with E-state index >= 15 is 0 Å². The van der Waals surface area contributed by atoms with Crippen LogP contribution in [-0.4, -0.2) is 21.9 Å². The number of benzene rings is 2. The van der Waals surface area contributed by atoms with E-state index in [-0.39, 0.29) is 17.7 Å². The van der Waals surface area contributed by atoms with E-state index in [1.165, 1.54) is 12.1 Å². The number of nitrogens with zero attached hydrogens (tertiary/aromatic N) is 1. The number of nitrogens with one attached hydrogen (secondary N) is 1. The fourth-order valence-electron chi connectivity index (χ4n) is 2.61. The minimum Gasteiger partial charge on any atom is -0.481 e. The number of nitro benzene ring substituents is 1. The monoisotopic (exact) mass is 356 g/mol. The molecule has 2 rings (SSSR count). The molecule has 0 radical (unpaired) electrons. The Balaban J connectivity index is 2.36. The molecule has 0 bridgehead atoms. The Bertz CT molecular complexity index is 868. The number of carbonyl (C=O) groups is 2. The lowest BCUT2D eigenvalue weighted by Gasteiger charge is -2.19. The van der Waals surface area contributed by atoms with Crippen LogP contribution in [0.5, 0.6) is 0 Å². The zero-order chi connectivity index (χ0) is 19.5. The van der Waals surface area contributed by atoms with Crippen molar-refractivity contribution in [2.45, 2.75) is 32.6 Å². The van der Waals surface area contributed by atoms with Gasteiger partial charge in [-0.2, -0.15) is 0 Å². The van der Waals surface area contributed by atoms with Gasteiger partial charge in [-0.15, -0.1) is 0 Å². The fourth-order valence-corrected chi connectivity index (χ4v) is 2.61. The Morgan fingerprint density at radius 3 is 2.38 bits per heavy atom. The van der Waals surface area contributed by atoms with E-state index in [1.54, 1.807) is 30.3 Å². The largest absolute Gasteiger partial charge is 0.481 e. The highest BCUT2D eigenvalue weighted by Crippen LogP contribution is 2.32. The molecule has 0 saturated carbocycles. The van der Waals surface area contributed by atoms with Gasteiger partial charge in [-0.05, 0) is 23.1 Å². The van der Waals surface area contributed by atoms with Gasteiger partial charge in [0.15, 0.2) is 0 Å². The number of rotatable bonds is 5. The Labute approximate surface area is 150 Å². The summed E-state index contributed by atoms with van der Waals surface area (Å²) in [7, 11) is 0. The molecular weight excluding hydrogens is 336 g/mol. The van der Waals surface area contributed by atoms with Gasteiger partial charge in [0.25, 0.3) is 11.6 Å². The topological polar surface area (TPSA) is 110 Å². The van der Waals surface area contributed by atoms with Crippen LogP contribution in [-0.2, 0) is 16.6 Å². The zero-order valence-electron chi connectivity index (χ0n) is 14.8. The van der Waals surface area contributed by atoms with Crippen molar-refractivity contribution in [2.75, 3.05) is 5.32 Å². The SMILES string of the molecule is CC(C)(C)c1ccc(C(=O)Nc2ccccc2CC(=O)O)cc1[N+](=O)[O-]. The van der Waals surface area contributed by atoms with Gasteiger partial charge in [-0.1, -0.05) is 45.0 Å². The summed E-state index contributed by atoms with van der Waals surface area (Å²) in [6.45, 7) is 5.58. The maximum absolute atomic E-state index is 12.5. The number of carboxylic acids is 1. The summed E-state index contributed by atoms with van der Waals surface area (Å²) in [6, 6.07) is 10.9. The molecule has 136 valence electrons. The van der Waals surface area contributed by atoms with E-state index in [0.29, 0.717) is 16.8 Å². The third-order valence-electron chi connectivity index (χ3n) is 3.87. The van der Waals surface area contributed by atoms with Gasteiger partial charge >= 0.3 is 5.97 Å². The Morgan fingerprint density at radius 2 is 1.81 bits per heavy atom. The Kier molecular flexibility index (Phi) is 5.40. The highest BCUT2D eigenvalue weighted by molar-refractivity contribution is 6.05. The average Bonchev–Trinajstić information content (AvgIpc) is 2.54. The van der Waals surface area contributed by atoms with Crippen molar-refractivity contribution in [1.82, 2.24) is 0 Å². The van der Waals surface area contributed by atoms with Crippen LogP contribution in [0.3, 0.4) is 0 Å². The fraction of sp³-hybridized carbons (Fsp3) is 0.263. The normalized spacial score (nSPS) is 11.0. The molecule has 0 saturated heterocycles. The average molecular weight is 356 g/mol. The first-order valence-electron chi connectivity index (χ1n) is 7.99. The second-order valence-electron chi connectivity index (χ2n) is 6.92. The third-order valence-corrected chi connectivity index (χ3v) is 3.87. The molecule has 0 fully saturated rings. The first-order valence-corrected chi connectivity index (χ1v) is 7.99. The lowest BCUT2D eigenvalue weighted by molar-refractivity contribution is -0.386. The van der Waals surface area contributed by atoms with Crippen molar-refractivity contribution in [3.05, 3.63) is 69.3 Å². The van der Waals surface area contributed by atoms with Gasteiger partial charge in [0.2, 0.25) is 0 Å². The molecule has 0 unspecified atom stereocenters. The lowest BCUT2D eigenvalue weighted by Crippen LogP contribution is -2.17. The second kappa shape index (κ2) is 7.35. The minimum atomic E-state index is -1.02. The maximum atomic E-state index is 12.5. The number of aliphatic carboxylic acids is 1. The number of carboxylic acid groups (broad SMARTS) is 1. The summed E-state index contributed by atoms with van der Waals surface area (Å²) in [4.78, 5) is 34.3. The van der Waals surface area contributed by atoms with Crippen molar-refractivity contribution >= 4 is 23.3 Å². The summed E-state index contributed by atoms with van der Waals surface area (Å²) >= 11 is 0. The molecule has 26 heavy (non-hydrogen) atoms. The number of hydrogen-bond acceptors (Lipinski definition) is 4. The molecule has 0 heterocycles. The standard InChI is InChI=1S/C19H20N2O5/c1-19(2,3)14-9-8-13(10-16(14)21(25)26)18(24)20-15-7-5-4-6-12(15)11-17(22)23/h4-10H,11H2,1-3H3,(H,20,24)(H,22,23). The maximum Gasteiger partial charge on any atom is 0.307 e. The first kappa shape index (κ1) is 19.1. The second-order valence-corrected chi connectivity index (χ2v) is 6.92. The molecule has 2 N–H and O–H groups in total. The molecule has 0 aliphatic rings. The molecule has 1 amide bonds. The number of nitro groups is 1. The van der Waals surface area contributed by atoms with Gasteiger partial charge in [-0.25, -0.2) is 0 Å². The number of amides is 1. The number of anilines is 1. The smallest absolute Gasteiger partial charge is 0.307 e. The van der Waals surface area contributed by atoms with Crippen molar-refractivity contribution < 1.29 is 19.6 Å². The van der Waals surface area contributed by atoms with Crippen molar-refractivity contribution in [1.29, 1.82) is 0 Å². The predicted molar refractivity (Wildman–Crippen MR) is 97.5 cm³/mol. The van der Waals surface area contributed by atoms with Crippen LogP contribution in [0, 0.1) is 10.1 Å². The third kappa shape index (κ3) is 4.44. The lowest BCUT2D eigenvalue weighted by atomic mass is 9.85. The van der Waals surface area contributed by atoms with E-state index in [0.717, 1.165) is 0 Å². The van der Waals surface area contributed by atoms with Crippen LogP contribution in [0.2, 0.25) is 0 Å². The molecule has 0 aliphatic carbocycles. The van der Waals surface area contributed by atoms with Gasteiger partial charge in [0.1, 0.15) is 0 Å². The van der Waals surface area contributed by atoms with Crippen LogP contribution in [0.1, 0.15) is 42.3 Å². The van der Waals surface area contributed by atoms with Crippen LogP contribution in [0.25, 0.3) is 0 Å². The number of para-hydroxylation sites is 1. The first-order chi connectivity index (χ1) is 12.1. The minimum absolute atomic E-state index is 0.121. The van der Waals surface area contributed by atoms with E-state index in [9.17, 15) is 19.7 Å². The van der Waals surface area contributed by atoms with Crippen molar-refractivity contribution in [3.63, 3.8) is 0 Å². The number of hydrogen-bond donors (Lipinski definition) is 2. The Morgan fingerprint density at radius 1 is 1.15 bits per heavy atom. The van der Waals surface area contributed by atoms with Gasteiger partial charge in [0, 0.05) is 22.9 Å². The molecule has 2 aromatic rings. The summed E-state index contributed by atoms with van der Waals surface area (Å²) in [5, 5.41) is 23.0. The Hall–Kier alpha value is -3.22. The van der Waals surface area contributed by atoms with E-state index in [1.807, 2.05) is 20.8 Å². The van der Waals surface area contributed by atoms with E-state index in [4.69, 9.17) is 5.11 Å². The molecule has 0 atom stereocenters. The summed E-state index contributed by atoms with van der Waals surface area (Å²) in [5.41, 5.74) is 0.923. The van der Waals surface area contributed by atoms with Gasteiger partial charge in [0.05, 0.1) is 11.3 Å². The van der Waals surface area contributed by atoms with E-state index in [2.05, 4.69) is 5.32 Å². The molecule has 0 aliphatic heterocycles. The zero-order valence-corrected chi connectivity index (χ0v) is 14.8. The summed E-state index contributed by atoms with van der Waals surface area (Å²) in [5.74, 6) is -1.55. The highest BCUT2D eigenvalue weighted by Gasteiger charge is 2.26. The van der Waals surface area contributed by atoms with E-state index < -0.39 is 22.2 Å². The van der Waals surface area contributed by atoms with Crippen LogP contribution >= 0.6 is 0 Å².